The molecule has 0 fully saturated rings. The number of hydrogen-bond acceptors (Lipinski definition) is 3. The van der Waals surface area contributed by atoms with Gasteiger partial charge in [-0.1, -0.05) is 35.9 Å². The predicted molar refractivity (Wildman–Crippen MR) is 95.9 cm³/mol. The molecular weight excluding hydrogens is 326 g/mol. The Bertz CT molecular complexity index is 728. The van der Waals surface area contributed by atoms with Crippen molar-refractivity contribution in [3.8, 4) is 5.75 Å². The fourth-order valence-corrected chi connectivity index (χ4v) is 2.36. The van der Waals surface area contributed by atoms with Gasteiger partial charge >= 0.3 is 0 Å². The van der Waals surface area contributed by atoms with Crippen LogP contribution >= 0.6 is 11.6 Å². The number of rotatable bonds is 7. The normalized spacial score (nSPS) is 10.5. The van der Waals surface area contributed by atoms with Crippen LogP contribution in [0.1, 0.15) is 37.0 Å². The number of hydrogen-bond donors (Lipinski definition) is 1. The average molecular weight is 346 g/mol. The second kappa shape index (κ2) is 8.50. The summed E-state index contributed by atoms with van der Waals surface area (Å²) in [6.07, 6.45) is 0.230. The second-order valence-corrected chi connectivity index (χ2v) is 6.08. The number of anilines is 1. The molecule has 24 heavy (non-hydrogen) atoms. The first-order valence-corrected chi connectivity index (χ1v) is 8.18. The first-order chi connectivity index (χ1) is 11.5. The van der Waals surface area contributed by atoms with Crippen molar-refractivity contribution in [1.29, 1.82) is 0 Å². The highest BCUT2D eigenvalue weighted by molar-refractivity contribution is 6.31. The van der Waals surface area contributed by atoms with Crippen LogP contribution in [0.15, 0.2) is 48.5 Å². The Labute approximate surface area is 146 Å². The Hall–Kier alpha value is -2.33. The van der Waals surface area contributed by atoms with Crippen LogP contribution in [0.5, 0.6) is 5.75 Å². The fraction of sp³-hybridized carbons (Fsp3) is 0.263. The molecular formula is C19H20ClNO3. The van der Waals surface area contributed by atoms with Gasteiger partial charge in [0.05, 0.1) is 11.8 Å². The van der Waals surface area contributed by atoms with E-state index in [-0.39, 0.29) is 30.6 Å². The lowest BCUT2D eigenvalue weighted by Crippen LogP contribution is -2.15. The zero-order valence-electron chi connectivity index (χ0n) is 13.7. The van der Waals surface area contributed by atoms with Crippen molar-refractivity contribution in [3.63, 3.8) is 0 Å². The Morgan fingerprint density at radius 2 is 1.83 bits per heavy atom. The lowest BCUT2D eigenvalue weighted by molar-refractivity contribution is -0.116. The van der Waals surface area contributed by atoms with E-state index < -0.39 is 0 Å². The average Bonchev–Trinajstić information content (AvgIpc) is 2.54. The van der Waals surface area contributed by atoms with E-state index in [2.05, 4.69) is 5.32 Å². The van der Waals surface area contributed by atoms with Crippen LogP contribution in [0, 0.1) is 0 Å². The number of ketones is 1. The molecule has 0 aliphatic carbocycles. The van der Waals surface area contributed by atoms with Gasteiger partial charge in [0.15, 0.2) is 5.78 Å². The number of carbonyl (C=O) groups is 2. The molecule has 0 unspecified atom stereocenters. The van der Waals surface area contributed by atoms with E-state index in [1.807, 2.05) is 26.0 Å². The minimum atomic E-state index is -0.231. The van der Waals surface area contributed by atoms with Crippen LogP contribution in [0.25, 0.3) is 0 Å². The quantitative estimate of drug-likeness (QED) is 0.738. The molecule has 0 radical (unpaired) electrons. The molecule has 2 aromatic carbocycles. The number of Topliss-reactive ketones (excluding diaryl/α,β-unsaturated/α-hetero) is 1. The van der Waals surface area contributed by atoms with Crippen LogP contribution in [-0.2, 0) is 4.79 Å². The predicted octanol–water partition coefficient (Wildman–Crippen LogP) is 4.73. The van der Waals surface area contributed by atoms with Crippen LogP contribution in [0.2, 0.25) is 5.02 Å². The van der Waals surface area contributed by atoms with Gasteiger partial charge in [-0.05, 0) is 38.1 Å². The minimum absolute atomic E-state index is 0.00691. The Balaban J connectivity index is 1.93. The summed E-state index contributed by atoms with van der Waals surface area (Å²) in [5.41, 5.74) is 1.12. The van der Waals surface area contributed by atoms with Crippen molar-refractivity contribution >= 4 is 29.0 Å². The largest absolute Gasteiger partial charge is 0.489 e. The molecule has 0 atom stereocenters. The maximum atomic E-state index is 12.1. The molecule has 0 heterocycles. The third-order valence-electron chi connectivity index (χ3n) is 3.25. The highest BCUT2D eigenvalue weighted by Gasteiger charge is 2.12. The van der Waals surface area contributed by atoms with E-state index in [0.717, 1.165) is 0 Å². The van der Waals surface area contributed by atoms with Crippen molar-refractivity contribution < 1.29 is 14.3 Å². The van der Waals surface area contributed by atoms with E-state index in [4.69, 9.17) is 16.3 Å². The minimum Gasteiger partial charge on any atom is -0.489 e. The van der Waals surface area contributed by atoms with Gasteiger partial charge in [-0.3, -0.25) is 9.59 Å². The van der Waals surface area contributed by atoms with Crippen molar-refractivity contribution in [3.05, 3.63) is 59.1 Å². The lowest BCUT2D eigenvalue weighted by atomic mass is 10.1. The standard InChI is InChI=1S/C19H20ClNO3/c1-13(2)24-18-9-4-3-8-16(18)21-19(23)11-10-17(22)14-6-5-7-15(20)12-14/h3-9,12-13H,10-11H2,1-2H3,(H,21,23). The van der Waals surface area contributed by atoms with E-state index >= 15 is 0 Å². The highest BCUT2D eigenvalue weighted by atomic mass is 35.5. The van der Waals surface area contributed by atoms with Gasteiger partial charge in [-0.25, -0.2) is 0 Å². The van der Waals surface area contributed by atoms with Crippen molar-refractivity contribution in [2.24, 2.45) is 0 Å². The molecule has 0 saturated carbocycles. The molecule has 0 aliphatic rings. The first kappa shape index (κ1) is 18.0. The van der Waals surface area contributed by atoms with Crippen LogP contribution in [0.4, 0.5) is 5.69 Å². The molecule has 0 saturated heterocycles. The number of halogens is 1. The summed E-state index contributed by atoms with van der Waals surface area (Å²) in [4.78, 5) is 24.2. The van der Waals surface area contributed by atoms with Gasteiger partial charge in [0, 0.05) is 23.4 Å². The molecule has 2 rings (SSSR count). The van der Waals surface area contributed by atoms with Crippen molar-refractivity contribution in [2.45, 2.75) is 32.8 Å². The Morgan fingerprint density at radius 1 is 1.08 bits per heavy atom. The van der Waals surface area contributed by atoms with Crippen LogP contribution < -0.4 is 10.1 Å². The number of para-hydroxylation sites is 2. The summed E-state index contributed by atoms with van der Waals surface area (Å²) in [6.45, 7) is 3.84. The molecule has 5 heteroatoms. The molecule has 4 nitrogen and oxygen atoms in total. The van der Waals surface area contributed by atoms with Gasteiger partial charge in [0.2, 0.25) is 5.91 Å². The maximum absolute atomic E-state index is 12.1. The van der Waals surface area contributed by atoms with E-state index in [1.165, 1.54) is 0 Å². The zero-order valence-corrected chi connectivity index (χ0v) is 14.5. The topological polar surface area (TPSA) is 55.4 Å². The van der Waals surface area contributed by atoms with Gasteiger partial charge in [-0.2, -0.15) is 0 Å². The molecule has 0 aliphatic heterocycles. The monoisotopic (exact) mass is 345 g/mol. The maximum Gasteiger partial charge on any atom is 0.224 e. The fourth-order valence-electron chi connectivity index (χ4n) is 2.17. The number of amides is 1. The van der Waals surface area contributed by atoms with Gasteiger partial charge in [0.1, 0.15) is 5.75 Å². The Morgan fingerprint density at radius 3 is 2.54 bits per heavy atom. The molecule has 1 N–H and O–H groups in total. The molecule has 126 valence electrons. The second-order valence-electron chi connectivity index (χ2n) is 5.64. The highest BCUT2D eigenvalue weighted by Crippen LogP contribution is 2.25. The van der Waals surface area contributed by atoms with E-state index in [1.54, 1.807) is 36.4 Å². The van der Waals surface area contributed by atoms with Crippen molar-refractivity contribution in [1.82, 2.24) is 0 Å². The molecule has 2 aromatic rings. The molecule has 0 aromatic heterocycles. The summed E-state index contributed by atoms with van der Waals surface area (Å²) >= 11 is 5.87. The van der Waals surface area contributed by atoms with E-state index in [9.17, 15) is 9.59 Å². The third-order valence-corrected chi connectivity index (χ3v) is 3.48. The first-order valence-electron chi connectivity index (χ1n) is 7.80. The summed E-state index contributed by atoms with van der Waals surface area (Å²) in [5.74, 6) is 0.270. The summed E-state index contributed by atoms with van der Waals surface area (Å²) in [5, 5.41) is 3.30. The van der Waals surface area contributed by atoms with Gasteiger partial charge in [0.25, 0.3) is 0 Å². The van der Waals surface area contributed by atoms with E-state index in [0.29, 0.717) is 22.0 Å². The van der Waals surface area contributed by atoms with Crippen molar-refractivity contribution in [2.75, 3.05) is 5.32 Å². The van der Waals surface area contributed by atoms with Crippen LogP contribution in [-0.4, -0.2) is 17.8 Å². The number of carbonyl (C=O) groups excluding carboxylic acids is 2. The molecule has 0 bridgehead atoms. The summed E-state index contributed by atoms with van der Waals surface area (Å²) in [7, 11) is 0. The number of benzene rings is 2. The lowest BCUT2D eigenvalue weighted by Gasteiger charge is -2.14. The van der Waals surface area contributed by atoms with Gasteiger partial charge in [-0.15, -0.1) is 0 Å². The summed E-state index contributed by atoms with van der Waals surface area (Å²) in [6, 6.07) is 14.0. The van der Waals surface area contributed by atoms with Gasteiger partial charge < -0.3 is 10.1 Å². The smallest absolute Gasteiger partial charge is 0.224 e. The number of ether oxygens (including phenoxy) is 1. The number of nitrogens with one attached hydrogen (secondary N) is 1. The van der Waals surface area contributed by atoms with Crippen LogP contribution in [0.3, 0.4) is 0 Å². The third kappa shape index (κ3) is 5.39. The SMILES string of the molecule is CC(C)Oc1ccccc1NC(=O)CCC(=O)c1cccc(Cl)c1. The zero-order chi connectivity index (χ0) is 17.5. The molecule has 1 amide bonds. The Kier molecular flexibility index (Phi) is 6.38. The molecule has 0 spiro atoms. The summed E-state index contributed by atoms with van der Waals surface area (Å²) < 4.78 is 5.66.